The molecule has 2 amide bonds. The molecule has 0 aliphatic carbocycles. The van der Waals surface area contributed by atoms with Gasteiger partial charge in [0.25, 0.3) is 0 Å². The number of nitrogens with one attached hydrogen (secondary N) is 2. The van der Waals surface area contributed by atoms with Crippen LogP contribution in [0.5, 0.6) is 0 Å². The number of anilines is 1. The zero-order valence-electron chi connectivity index (χ0n) is 15.0. The lowest BCUT2D eigenvalue weighted by Crippen LogP contribution is -2.42. The zero-order chi connectivity index (χ0) is 19.1. The number of halogens is 1. The minimum Gasteiger partial charge on any atom is -0.356 e. The summed E-state index contributed by atoms with van der Waals surface area (Å²) >= 11 is 0. The van der Waals surface area contributed by atoms with Crippen molar-refractivity contribution in [3.63, 3.8) is 0 Å². The first kappa shape index (κ1) is 18.6. The standard InChI is InChI=1S/C20H22FN5O/c21-18-5-3-15(4-6-18)13-24-20(27)25-14-16-7-10-26(11-8-16)19-17(12-22)2-1-9-23-19/h1-6,9,16H,7-8,10-11,13-14H2,(H2,24,25,27). The maximum absolute atomic E-state index is 12.9. The summed E-state index contributed by atoms with van der Waals surface area (Å²) in [7, 11) is 0. The Bertz CT molecular complexity index is 810. The number of rotatable bonds is 5. The van der Waals surface area contributed by atoms with Crippen LogP contribution in [0.25, 0.3) is 0 Å². The van der Waals surface area contributed by atoms with Gasteiger partial charge in [-0.25, -0.2) is 14.2 Å². The van der Waals surface area contributed by atoms with Crippen molar-refractivity contribution in [3.05, 3.63) is 59.5 Å². The molecular weight excluding hydrogens is 345 g/mol. The Balaban J connectivity index is 1.40. The van der Waals surface area contributed by atoms with E-state index < -0.39 is 0 Å². The van der Waals surface area contributed by atoms with Gasteiger partial charge in [-0.2, -0.15) is 5.26 Å². The zero-order valence-corrected chi connectivity index (χ0v) is 15.0. The fourth-order valence-electron chi connectivity index (χ4n) is 3.17. The molecule has 1 aliphatic heterocycles. The summed E-state index contributed by atoms with van der Waals surface area (Å²) < 4.78 is 12.9. The van der Waals surface area contributed by atoms with E-state index in [1.807, 2.05) is 0 Å². The first-order valence-corrected chi connectivity index (χ1v) is 9.02. The fourth-order valence-corrected chi connectivity index (χ4v) is 3.17. The van der Waals surface area contributed by atoms with Crippen LogP contribution in [0.2, 0.25) is 0 Å². The molecule has 1 aromatic heterocycles. The number of hydrogen-bond acceptors (Lipinski definition) is 4. The van der Waals surface area contributed by atoms with Crippen molar-refractivity contribution in [1.29, 1.82) is 5.26 Å². The van der Waals surface area contributed by atoms with Gasteiger partial charge < -0.3 is 15.5 Å². The predicted octanol–water partition coefficient (Wildman–Crippen LogP) is 2.81. The summed E-state index contributed by atoms with van der Waals surface area (Å²) in [5.41, 5.74) is 1.44. The number of piperidine rings is 1. The number of benzene rings is 1. The molecule has 2 heterocycles. The Hall–Kier alpha value is -3.14. The number of nitriles is 1. The predicted molar refractivity (Wildman–Crippen MR) is 101 cm³/mol. The van der Waals surface area contributed by atoms with E-state index in [0.717, 1.165) is 37.3 Å². The molecule has 1 saturated heterocycles. The van der Waals surface area contributed by atoms with Gasteiger partial charge in [-0.05, 0) is 48.6 Å². The number of aromatic nitrogens is 1. The SMILES string of the molecule is N#Cc1cccnc1N1CCC(CNC(=O)NCc2ccc(F)cc2)CC1. The smallest absolute Gasteiger partial charge is 0.315 e. The highest BCUT2D eigenvalue weighted by Crippen LogP contribution is 2.23. The Morgan fingerprint density at radius 2 is 1.96 bits per heavy atom. The molecule has 0 bridgehead atoms. The van der Waals surface area contributed by atoms with E-state index in [4.69, 9.17) is 0 Å². The highest BCUT2D eigenvalue weighted by Gasteiger charge is 2.22. The van der Waals surface area contributed by atoms with Crippen LogP contribution in [-0.4, -0.2) is 30.6 Å². The van der Waals surface area contributed by atoms with Crippen LogP contribution < -0.4 is 15.5 Å². The van der Waals surface area contributed by atoms with Crippen molar-refractivity contribution in [2.24, 2.45) is 5.92 Å². The number of carbonyl (C=O) groups is 1. The molecule has 7 heteroatoms. The van der Waals surface area contributed by atoms with E-state index in [1.54, 1.807) is 30.5 Å². The lowest BCUT2D eigenvalue weighted by molar-refractivity contribution is 0.237. The minimum atomic E-state index is -0.290. The Labute approximate surface area is 158 Å². The molecule has 2 aromatic rings. The van der Waals surface area contributed by atoms with Crippen LogP contribution in [0.3, 0.4) is 0 Å². The van der Waals surface area contributed by atoms with Crippen LogP contribution in [0.1, 0.15) is 24.0 Å². The lowest BCUT2D eigenvalue weighted by Gasteiger charge is -2.33. The van der Waals surface area contributed by atoms with Gasteiger partial charge in [0.1, 0.15) is 17.7 Å². The number of urea groups is 1. The van der Waals surface area contributed by atoms with Gasteiger partial charge in [0, 0.05) is 32.4 Å². The van der Waals surface area contributed by atoms with E-state index in [9.17, 15) is 14.4 Å². The van der Waals surface area contributed by atoms with Gasteiger partial charge in [0.05, 0.1) is 5.56 Å². The van der Waals surface area contributed by atoms with Crippen LogP contribution in [0.15, 0.2) is 42.6 Å². The molecule has 6 nitrogen and oxygen atoms in total. The summed E-state index contributed by atoms with van der Waals surface area (Å²) in [5.74, 6) is 0.845. The largest absolute Gasteiger partial charge is 0.356 e. The molecule has 27 heavy (non-hydrogen) atoms. The molecule has 1 aromatic carbocycles. The molecule has 0 unspecified atom stereocenters. The van der Waals surface area contributed by atoms with Crippen molar-refractivity contribution in [1.82, 2.24) is 15.6 Å². The number of nitrogens with zero attached hydrogens (tertiary/aromatic N) is 3. The Morgan fingerprint density at radius 1 is 1.22 bits per heavy atom. The van der Waals surface area contributed by atoms with E-state index in [1.165, 1.54) is 12.1 Å². The summed E-state index contributed by atoms with van der Waals surface area (Å²) in [6, 6.07) is 11.6. The quantitative estimate of drug-likeness (QED) is 0.851. The number of carbonyl (C=O) groups excluding carboxylic acids is 1. The fraction of sp³-hybridized carbons (Fsp3) is 0.350. The molecule has 1 fully saturated rings. The Morgan fingerprint density at radius 3 is 2.67 bits per heavy atom. The lowest BCUT2D eigenvalue weighted by atomic mass is 9.96. The normalized spacial score (nSPS) is 14.4. The van der Waals surface area contributed by atoms with Crippen molar-refractivity contribution in [2.75, 3.05) is 24.5 Å². The number of pyridine rings is 1. The van der Waals surface area contributed by atoms with Crippen LogP contribution in [0.4, 0.5) is 15.0 Å². The molecule has 0 radical (unpaired) electrons. The number of hydrogen-bond donors (Lipinski definition) is 2. The monoisotopic (exact) mass is 367 g/mol. The molecule has 0 atom stereocenters. The van der Waals surface area contributed by atoms with E-state index in [-0.39, 0.29) is 11.8 Å². The summed E-state index contributed by atoms with van der Waals surface area (Å²) in [6.45, 7) is 2.60. The highest BCUT2D eigenvalue weighted by atomic mass is 19.1. The van der Waals surface area contributed by atoms with E-state index in [2.05, 4.69) is 26.6 Å². The van der Waals surface area contributed by atoms with Gasteiger partial charge >= 0.3 is 6.03 Å². The van der Waals surface area contributed by atoms with Crippen molar-refractivity contribution < 1.29 is 9.18 Å². The maximum atomic E-state index is 12.9. The Kier molecular flexibility index (Phi) is 6.21. The number of amides is 2. The van der Waals surface area contributed by atoms with Crippen LogP contribution in [0, 0.1) is 23.1 Å². The third kappa shape index (κ3) is 5.17. The molecule has 3 rings (SSSR count). The summed E-state index contributed by atoms with van der Waals surface area (Å²) in [6.07, 6.45) is 3.56. The van der Waals surface area contributed by atoms with Gasteiger partial charge in [-0.1, -0.05) is 12.1 Å². The topological polar surface area (TPSA) is 81.1 Å². The summed E-state index contributed by atoms with van der Waals surface area (Å²) in [5, 5.41) is 14.9. The molecule has 2 N–H and O–H groups in total. The maximum Gasteiger partial charge on any atom is 0.315 e. The highest BCUT2D eigenvalue weighted by molar-refractivity contribution is 5.73. The van der Waals surface area contributed by atoms with Gasteiger partial charge in [0.15, 0.2) is 0 Å². The summed E-state index contributed by atoms with van der Waals surface area (Å²) in [4.78, 5) is 18.4. The van der Waals surface area contributed by atoms with Crippen LogP contribution >= 0.6 is 0 Å². The first-order valence-electron chi connectivity index (χ1n) is 9.02. The third-order valence-electron chi connectivity index (χ3n) is 4.74. The average Bonchev–Trinajstić information content (AvgIpc) is 2.72. The molecular formula is C20H22FN5O. The molecule has 0 saturated carbocycles. The minimum absolute atomic E-state index is 0.224. The van der Waals surface area contributed by atoms with Crippen molar-refractivity contribution in [2.45, 2.75) is 19.4 Å². The van der Waals surface area contributed by atoms with Crippen molar-refractivity contribution >= 4 is 11.8 Å². The second-order valence-corrected chi connectivity index (χ2v) is 6.61. The molecule has 0 spiro atoms. The van der Waals surface area contributed by atoms with Gasteiger partial charge in [-0.3, -0.25) is 0 Å². The third-order valence-corrected chi connectivity index (χ3v) is 4.74. The first-order chi connectivity index (χ1) is 13.2. The van der Waals surface area contributed by atoms with Gasteiger partial charge in [0.2, 0.25) is 0 Å². The van der Waals surface area contributed by atoms with E-state index >= 15 is 0 Å². The molecule has 140 valence electrons. The van der Waals surface area contributed by atoms with Gasteiger partial charge in [-0.15, -0.1) is 0 Å². The average molecular weight is 367 g/mol. The second-order valence-electron chi connectivity index (χ2n) is 6.61. The van der Waals surface area contributed by atoms with Crippen molar-refractivity contribution in [3.8, 4) is 6.07 Å². The van der Waals surface area contributed by atoms with Crippen LogP contribution in [-0.2, 0) is 6.54 Å². The molecule has 1 aliphatic rings. The second kappa shape index (κ2) is 8.99. The van der Waals surface area contributed by atoms with E-state index in [0.29, 0.717) is 24.6 Å².